The van der Waals surface area contributed by atoms with E-state index in [1.165, 1.54) is 5.56 Å². The fraction of sp³-hybridized carbons (Fsp3) is 0.500. The van der Waals surface area contributed by atoms with Crippen LogP contribution in [-0.2, 0) is 17.9 Å². The van der Waals surface area contributed by atoms with E-state index in [0.717, 1.165) is 25.9 Å². The minimum absolute atomic E-state index is 0.328. The summed E-state index contributed by atoms with van der Waals surface area (Å²) in [5.74, 6) is 0. The first-order valence-corrected chi connectivity index (χ1v) is 8.33. The Morgan fingerprint density at radius 3 is 2.61 bits per heavy atom. The van der Waals surface area contributed by atoms with E-state index in [1.807, 2.05) is 30.5 Å². The molecule has 5 heteroatoms. The van der Waals surface area contributed by atoms with Gasteiger partial charge in [-0.15, -0.1) is 0 Å². The number of likely N-dealkylation sites (tertiary alicyclic amines) is 1. The second kappa shape index (κ2) is 8.24. The van der Waals surface area contributed by atoms with Crippen LogP contribution >= 0.6 is 0 Å². The normalized spacial score (nSPS) is 18.1. The summed E-state index contributed by atoms with van der Waals surface area (Å²) < 4.78 is 7.78. The maximum atomic E-state index is 10.2. The minimum atomic E-state index is -0.378. The van der Waals surface area contributed by atoms with Crippen molar-refractivity contribution in [1.82, 2.24) is 14.7 Å². The van der Waals surface area contributed by atoms with E-state index in [0.29, 0.717) is 25.8 Å². The van der Waals surface area contributed by atoms with Crippen molar-refractivity contribution in [2.75, 3.05) is 19.6 Å². The van der Waals surface area contributed by atoms with Crippen LogP contribution in [0.15, 0.2) is 48.8 Å². The maximum Gasteiger partial charge on any atom is 0.0862 e. The third-order valence-electron chi connectivity index (χ3n) is 4.29. The molecule has 1 atom stereocenters. The number of aromatic nitrogens is 2. The van der Waals surface area contributed by atoms with Gasteiger partial charge in [-0.25, -0.2) is 0 Å². The highest BCUT2D eigenvalue weighted by Gasteiger charge is 2.21. The molecule has 0 unspecified atom stereocenters. The third kappa shape index (κ3) is 5.16. The summed E-state index contributed by atoms with van der Waals surface area (Å²) in [6, 6.07) is 12.2. The topological polar surface area (TPSA) is 50.5 Å². The van der Waals surface area contributed by atoms with Crippen LogP contribution < -0.4 is 0 Å². The molecule has 1 saturated heterocycles. The summed E-state index contributed by atoms with van der Waals surface area (Å²) in [6.45, 7) is 3.90. The summed E-state index contributed by atoms with van der Waals surface area (Å²) in [6.07, 6.45) is 5.63. The Balaban J connectivity index is 1.35. The monoisotopic (exact) mass is 315 g/mol. The zero-order valence-corrected chi connectivity index (χ0v) is 13.4. The Morgan fingerprint density at radius 2 is 1.91 bits per heavy atom. The highest BCUT2D eigenvalue weighted by atomic mass is 16.5. The van der Waals surface area contributed by atoms with Crippen LogP contribution in [0.1, 0.15) is 18.4 Å². The molecular weight excluding hydrogens is 290 g/mol. The molecule has 1 fully saturated rings. The molecule has 0 aliphatic carbocycles. The number of nitrogens with zero attached hydrogens (tertiary/aromatic N) is 3. The Labute approximate surface area is 137 Å². The van der Waals surface area contributed by atoms with Gasteiger partial charge < -0.3 is 14.7 Å². The highest BCUT2D eigenvalue weighted by Crippen LogP contribution is 2.16. The molecule has 2 aromatic rings. The number of ether oxygens (including phenoxy) is 1. The van der Waals surface area contributed by atoms with Crippen molar-refractivity contribution in [3.63, 3.8) is 0 Å². The predicted molar refractivity (Wildman–Crippen MR) is 88.9 cm³/mol. The van der Waals surface area contributed by atoms with Crippen LogP contribution in [0.5, 0.6) is 0 Å². The third-order valence-corrected chi connectivity index (χ3v) is 4.29. The lowest BCUT2D eigenvalue weighted by Crippen LogP contribution is -2.42. The van der Waals surface area contributed by atoms with Crippen LogP contribution in [0.25, 0.3) is 0 Å². The van der Waals surface area contributed by atoms with Crippen molar-refractivity contribution in [3.05, 3.63) is 54.4 Å². The van der Waals surface area contributed by atoms with Gasteiger partial charge in [0.1, 0.15) is 0 Å². The lowest BCUT2D eigenvalue weighted by molar-refractivity contribution is -0.0121. The van der Waals surface area contributed by atoms with Gasteiger partial charge in [-0.2, -0.15) is 5.10 Å². The number of benzene rings is 1. The number of hydrogen-bond donors (Lipinski definition) is 1. The van der Waals surface area contributed by atoms with E-state index < -0.39 is 0 Å². The van der Waals surface area contributed by atoms with Crippen LogP contribution in [0, 0.1) is 0 Å². The zero-order chi connectivity index (χ0) is 15.9. The first-order chi connectivity index (χ1) is 11.3. The summed E-state index contributed by atoms with van der Waals surface area (Å²) >= 11 is 0. The molecule has 0 radical (unpaired) electrons. The number of hydrogen-bond acceptors (Lipinski definition) is 4. The van der Waals surface area contributed by atoms with Crippen molar-refractivity contribution < 1.29 is 9.84 Å². The van der Waals surface area contributed by atoms with Crippen molar-refractivity contribution in [1.29, 1.82) is 0 Å². The maximum absolute atomic E-state index is 10.2. The van der Waals surface area contributed by atoms with E-state index in [2.05, 4.69) is 22.1 Å². The van der Waals surface area contributed by atoms with Gasteiger partial charge in [0.05, 0.1) is 25.4 Å². The van der Waals surface area contributed by atoms with Gasteiger partial charge in [-0.3, -0.25) is 4.68 Å². The fourth-order valence-corrected chi connectivity index (χ4v) is 3.03. The molecule has 0 amide bonds. The van der Waals surface area contributed by atoms with E-state index in [4.69, 9.17) is 4.74 Å². The summed E-state index contributed by atoms with van der Waals surface area (Å²) in [5.41, 5.74) is 1.23. The smallest absolute Gasteiger partial charge is 0.0862 e. The lowest BCUT2D eigenvalue weighted by Gasteiger charge is -2.33. The largest absolute Gasteiger partial charge is 0.390 e. The molecule has 0 saturated carbocycles. The van der Waals surface area contributed by atoms with Crippen molar-refractivity contribution in [3.8, 4) is 0 Å². The quantitative estimate of drug-likeness (QED) is 0.848. The zero-order valence-electron chi connectivity index (χ0n) is 13.4. The first kappa shape index (κ1) is 16.2. The Morgan fingerprint density at radius 1 is 1.13 bits per heavy atom. The number of rotatable bonds is 7. The van der Waals surface area contributed by atoms with Gasteiger partial charge >= 0.3 is 0 Å². The summed E-state index contributed by atoms with van der Waals surface area (Å²) in [5, 5.41) is 14.3. The average molecular weight is 315 g/mol. The van der Waals surface area contributed by atoms with E-state index in [-0.39, 0.29) is 6.10 Å². The van der Waals surface area contributed by atoms with E-state index in [9.17, 15) is 5.11 Å². The molecule has 1 aliphatic rings. The molecular formula is C18H25N3O2. The number of aliphatic hydroxyl groups excluding tert-OH is 1. The van der Waals surface area contributed by atoms with Gasteiger partial charge in [0.2, 0.25) is 0 Å². The Bertz CT molecular complexity index is 551. The highest BCUT2D eigenvalue weighted by molar-refractivity contribution is 5.13. The summed E-state index contributed by atoms with van der Waals surface area (Å²) in [4.78, 5) is 2.32. The molecule has 0 bridgehead atoms. The van der Waals surface area contributed by atoms with Crippen molar-refractivity contribution in [2.24, 2.45) is 0 Å². The lowest BCUT2D eigenvalue weighted by atomic mass is 10.1. The molecule has 1 aliphatic heterocycles. The Hall–Kier alpha value is -1.69. The molecule has 5 nitrogen and oxygen atoms in total. The van der Waals surface area contributed by atoms with Crippen LogP contribution in [0.3, 0.4) is 0 Å². The average Bonchev–Trinajstić information content (AvgIpc) is 3.08. The van der Waals surface area contributed by atoms with E-state index in [1.54, 1.807) is 10.9 Å². The molecule has 1 aromatic carbocycles. The van der Waals surface area contributed by atoms with Crippen LogP contribution in [0.2, 0.25) is 0 Å². The second-order valence-corrected chi connectivity index (χ2v) is 6.18. The first-order valence-electron chi connectivity index (χ1n) is 8.33. The van der Waals surface area contributed by atoms with Crippen LogP contribution in [0.4, 0.5) is 0 Å². The van der Waals surface area contributed by atoms with Crippen molar-refractivity contribution in [2.45, 2.75) is 38.2 Å². The molecule has 23 heavy (non-hydrogen) atoms. The molecule has 2 heterocycles. The molecule has 3 rings (SSSR count). The standard InChI is InChI=1S/C18H25N3O2/c22-17(14-21-10-4-9-19-21)13-20-11-7-18(8-12-20)23-15-16-5-2-1-3-6-16/h1-6,9-10,17-18,22H,7-8,11-15H2/t17-/m1/s1. The second-order valence-electron chi connectivity index (χ2n) is 6.18. The van der Waals surface area contributed by atoms with E-state index >= 15 is 0 Å². The Kier molecular flexibility index (Phi) is 5.80. The van der Waals surface area contributed by atoms with Gasteiger partial charge in [0.15, 0.2) is 0 Å². The van der Waals surface area contributed by atoms with Crippen molar-refractivity contribution >= 4 is 0 Å². The summed E-state index contributed by atoms with van der Waals surface area (Å²) in [7, 11) is 0. The number of piperidine rings is 1. The van der Waals surface area contributed by atoms with Gasteiger partial charge in [-0.1, -0.05) is 30.3 Å². The molecule has 1 N–H and O–H groups in total. The minimum Gasteiger partial charge on any atom is -0.390 e. The van der Waals surface area contributed by atoms with Crippen LogP contribution in [-0.4, -0.2) is 51.6 Å². The molecule has 0 spiro atoms. The SMILES string of the molecule is O[C@H](CN1CCC(OCc2ccccc2)CC1)Cn1cccn1. The fourth-order valence-electron chi connectivity index (χ4n) is 3.03. The molecule has 124 valence electrons. The predicted octanol–water partition coefficient (Wildman–Crippen LogP) is 1.93. The van der Waals surface area contributed by atoms with Gasteiger partial charge in [-0.05, 0) is 24.5 Å². The number of aliphatic hydroxyl groups is 1. The number of β-amino-alcohol motifs (C(OH)–C–C–N with tert-alkyl or cyclic N) is 1. The van der Waals surface area contributed by atoms with Gasteiger partial charge in [0, 0.05) is 32.0 Å². The molecule has 1 aromatic heterocycles. The van der Waals surface area contributed by atoms with Gasteiger partial charge in [0.25, 0.3) is 0 Å².